The predicted molar refractivity (Wildman–Crippen MR) is 64.7 cm³/mol. The summed E-state index contributed by atoms with van der Waals surface area (Å²) in [4.78, 5) is 14.5. The van der Waals surface area contributed by atoms with Gasteiger partial charge in [-0.3, -0.25) is 9.36 Å². The van der Waals surface area contributed by atoms with Gasteiger partial charge < -0.3 is 20.6 Å². The van der Waals surface area contributed by atoms with E-state index in [1.54, 1.807) is 0 Å². The second-order valence-electron chi connectivity index (χ2n) is 3.71. The van der Waals surface area contributed by atoms with E-state index in [0.717, 1.165) is 0 Å². The third-order valence-electron chi connectivity index (χ3n) is 2.51. The topological polar surface area (TPSA) is 88.2 Å². The van der Waals surface area contributed by atoms with Crippen molar-refractivity contribution in [1.29, 1.82) is 0 Å². The summed E-state index contributed by atoms with van der Waals surface area (Å²) in [6.07, 6.45) is -1.46. The molecule has 0 saturated carbocycles. The van der Waals surface area contributed by atoms with Crippen LogP contribution in [0.1, 0.15) is 12.6 Å². The van der Waals surface area contributed by atoms with Crippen LogP contribution in [0, 0.1) is 5.82 Å². The molecule has 117 valence electrons. The van der Waals surface area contributed by atoms with Gasteiger partial charge >= 0.3 is 0 Å². The molecule has 1 aliphatic rings. The van der Waals surface area contributed by atoms with Crippen LogP contribution < -0.4 is 5.69 Å². The van der Waals surface area contributed by atoms with Crippen LogP contribution in [0.25, 0.3) is 5.73 Å². The fourth-order valence-corrected chi connectivity index (χ4v) is 1.69. The molecule has 20 heavy (non-hydrogen) atoms. The number of halogens is 3. The van der Waals surface area contributed by atoms with Crippen LogP contribution >= 0.6 is 11.6 Å². The fraction of sp³-hybridized carbons (Fsp3) is 0.600. The van der Waals surface area contributed by atoms with Crippen LogP contribution in [-0.4, -0.2) is 39.9 Å². The van der Waals surface area contributed by atoms with Gasteiger partial charge in [0.1, 0.15) is 12.0 Å². The summed E-state index contributed by atoms with van der Waals surface area (Å²) in [5.41, 5.74) is 6.02. The normalized spacial score (nSPS) is 24.6. The number of rotatable bonds is 2. The molecule has 0 amide bonds. The van der Waals surface area contributed by atoms with E-state index in [9.17, 15) is 13.6 Å². The molecule has 0 spiro atoms. The maximum absolute atomic E-state index is 13.5. The Bertz CT molecular complexity index is 491. The average Bonchev–Trinajstić information content (AvgIpc) is 2.77. The molecule has 1 fully saturated rings. The number of aliphatic hydroxyl groups is 1. The van der Waals surface area contributed by atoms with Gasteiger partial charge in [0.25, 0.3) is 0 Å². The zero-order valence-electron chi connectivity index (χ0n) is 10.3. The van der Waals surface area contributed by atoms with Crippen LogP contribution in [0.5, 0.6) is 0 Å². The molecule has 3 atom stereocenters. The third kappa shape index (κ3) is 4.19. The van der Waals surface area contributed by atoms with Crippen molar-refractivity contribution < 1.29 is 38.7 Å². The maximum Gasteiger partial charge on any atom is 0.248 e. The Hall–Kier alpha value is -0.601. The van der Waals surface area contributed by atoms with Crippen LogP contribution in [-0.2, 0) is 24.8 Å². The number of aliphatic hydroxyl groups excluding tert-OH is 1. The van der Waals surface area contributed by atoms with Gasteiger partial charge in [-0.05, 0) is 5.82 Å². The monoisotopic (exact) mass is 489 g/mol. The van der Waals surface area contributed by atoms with Crippen molar-refractivity contribution in [1.82, 2.24) is 9.55 Å². The van der Waals surface area contributed by atoms with E-state index in [-0.39, 0.29) is 33.1 Å². The minimum Gasteiger partial charge on any atom is -0.480 e. The van der Waals surface area contributed by atoms with Gasteiger partial charge in [0.2, 0.25) is 5.69 Å². The molecule has 1 aliphatic heterocycles. The molecule has 1 saturated heterocycles. The Morgan fingerprint density at radius 1 is 1.65 bits per heavy atom. The van der Waals surface area contributed by atoms with Gasteiger partial charge in [0, 0.05) is 39.1 Å². The molecule has 3 unspecified atom stereocenters. The van der Waals surface area contributed by atoms with E-state index in [1.165, 1.54) is 6.38 Å². The van der Waals surface area contributed by atoms with Crippen molar-refractivity contribution in [3.05, 3.63) is 28.2 Å². The number of alkyl halides is 2. The van der Waals surface area contributed by atoms with E-state index in [1.807, 2.05) is 0 Å². The van der Waals surface area contributed by atoms with E-state index in [4.69, 9.17) is 15.6 Å². The van der Waals surface area contributed by atoms with Gasteiger partial charge in [-0.25, -0.2) is 8.78 Å². The average molecular weight is 489 g/mol. The Labute approximate surface area is 132 Å². The maximum atomic E-state index is 13.5. The Balaban J connectivity index is 0.00000115. The summed E-state index contributed by atoms with van der Waals surface area (Å²) >= 11 is 4.64. The number of hydrogen-bond donors (Lipinski definition) is 1. The summed E-state index contributed by atoms with van der Waals surface area (Å²) in [6.45, 7) is -0.377. The first-order valence-corrected chi connectivity index (χ1v) is 6.07. The summed E-state index contributed by atoms with van der Waals surface area (Å²) in [5, 5.41) is 8.82. The predicted octanol–water partition coefficient (Wildman–Crippen LogP) is 1.54. The second kappa shape index (κ2) is 8.63. The zero-order chi connectivity index (χ0) is 14.6. The van der Waals surface area contributed by atoms with E-state index < -0.39 is 35.8 Å². The van der Waals surface area contributed by atoms with Crippen LogP contribution in [0.3, 0.4) is 0 Å². The molecule has 2 N–H and O–H groups in total. The Morgan fingerprint density at radius 2 is 2.25 bits per heavy atom. The molecule has 2 rings (SSSR count). The summed E-state index contributed by atoms with van der Waals surface area (Å²) in [6, 6.07) is 0. The Morgan fingerprint density at radius 3 is 2.75 bits per heavy atom. The number of aromatic nitrogens is 2. The van der Waals surface area contributed by atoms with Gasteiger partial charge in [-0.2, -0.15) is 0 Å². The molecule has 2 heterocycles. The third-order valence-corrected chi connectivity index (χ3v) is 2.51. The molecule has 1 aromatic rings. The fourth-order valence-electron chi connectivity index (χ4n) is 1.69. The van der Waals surface area contributed by atoms with Crippen molar-refractivity contribution >= 4 is 17.4 Å². The van der Waals surface area contributed by atoms with Gasteiger partial charge in [0.05, 0.1) is 12.7 Å². The van der Waals surface area contributed by atoms with Crippen molar-refractivity contribution in [2.45, 2.75) is 24.9 Å². The standard InChI is InChI=1S/C9H11F2N3O3.CH3Cl.Ir/c10-5-1-4(3-15)17-8(5)14-2-6(11)7(12)13-9(14)16;1-2;/h2,4-5,8,15H,1,3H2,(H2,12,13,16);1H3;/p-1. The number of ether oxygens (including phenoxy) is 1. The molecule has 6 nitrogen and oxygen atoms in total. The number of nitrogens with one attached hydrogen (secondary N) is 1. The smallest absolute Gasteiger partial charge is 0.248 e. The van der Waals surface area contributed by atoms with Crippen molar-refractivity contribution in [2.75, 3.05) is 13.0 Å². The van der Waals surface area contributed by atoms with Crippen LogP contribution in [0.15, 0.2) is 11.0 Å². The number of nitrogens with zero attached hydrogens (tertiary/aromatic N) is 2. The van der Waals surface area contributed by atoms with Crippen LogP contribution in [0.4, 0.5) is 14.6 Å². The largest absolute Gasteiger partial charge is 0.480 e. The molecule has 10 heteroatoms. The molecular weight excluding hydrogens is 476 g/mol. The minimum absolute atomic E-state index is 0. The van der Waals surface area contributed by atoms with Gasteiger partial charge in [-0.15, -0.1) is 11.6 Å². The van der Waals surface area contributed by atoms with E-state index in [2.05, 4.69) is 16.6 Å². The first-order valence-electron chi connectivity index (χ1n) is 5.31. The summed E-state index contributed by atoms with van der Waals surface area (Å²) in [5.74, 6) is -1.83. The van der Waals surface area contributed by atoms with Crippen LogP contribution in [0.2, 0.25) is 0 Å². The Kier molecular flexibility index (Phi) is 8.37. The van der Waals surface area contributed by atoms with Crippen molar-refractivity contribution in [2.24, 2.45) is 0 Å². The molecule has 0 aliphatic carbocycles. The van der Waals surface area contributed by atoms with Gasteiger partial charge in [-0.1, -0.05) is 0 Å². The van der Waals surface area contributed by atoms with Crippen molar-refractivity contribution in [3.63, 3.8) is 0 Å². The number of hydrogen-bond acceptors (Lipinski definition) is 4. The van der Waals surface area contributed by atoms with Crippen molar-refractivity contribution in [3.8, 4) is 0 Å². The summed E-state index contributed by atoms with van der Waals surface area (Å²) < 4.78 is 32.3. The first-order chi connectivity index (χ1) is 9.02. The molecule has 1 aromatic heterocycles. The zero-order valence-corrected chi connectivity index (χ0v) is 13.5. The SMILES string of the molecule is CCl.[Ir].[NH-]c1nc(=O)n(C2OC(CO)CC2F)cc1F. The van der Waals surface area contributed by atoms with E-state index >= 15 is 0 Å². The first kappa shape index (κ1) is 19.4. The minimum atomic E-state index is -1.53. The molecular formula is C10H13ClF2IrN3O3-. The quantitative estimate of drug-likeness (QED) is 0.640. The summed E-state index contributed by atoms with van der Waals surface area (Å²) in [7, 11) is 0. The molecule has 0 bridgehead atoms. The molecule has 0 aromatic carbocycles. The van der Waals surface area contributed by atoms with Gasteiger partial charge in [0.15, 0.2) is 6.23 Å². The van der Waals surface area contributed by atoms with E-state index in [0.29, 0.717) is 10.8 Å². The molecule has 1 radical (unpaired) electrons. The second-order valence-corrected chi connectivity index (χ2v) is 3.71.